The molecule has 1 heterocycles. The maximum atomic E-state index is 12.9. The van der Waals surface area contributed by atoms with Crippen LogP contribution in [0.3, 0.4) is 0 Å². The fourth-order valence-corrected chi connectivity index (χ4v) is 4.58. The van der Waals surface area contributed by atoms with Crippen LogP contribution in [-0.2, 0) is 14.8 Å². The molecule has 144 valence electrons. The Hall–Kier alpha value is -1.93. The van der Waals surface area contributed by atoms with Gasteiger partial charge >= 0.3 is 5.97 Å². The SMILES string of the molecule is CC(C)N(CC(=O)O)C(=O)c1cccc(S(=O)(=O)N2CCCCCC2)c1. The molecule has 1 saturated heterocycles. The summed E-state index contributed by atoms with van der Waals surface area (Å²) in [6.07, 6.45) is 3.70. The predicted octanol–water partition coefficient (Wildman–Crippen LogP) is 2.19. The van der Waals surface area contributed by atoms with Crippen LogP contribution in [0.4, 0.5) is 0 Å². The molecule has 0 bridgehead atoms. The van der Waals surface area contributed by atoms with E-state index in [-0.39, 0.29) is 16.5 Å². The van der Waals surface area contributed by atoms with Crippen molar-refractivity contribution >= 4 is 21.9 Å². The van der Waals surface area contributed by atoms with Gasteiger partial charge in [0, 0.05) is 24.7 Å². The highest BCUT2D eigenvalue weighted by atomic mass is 32.2. The Morgan fingerprint density at radius 2 is 1.77 bits per heavy atom. The van der Waals surface area contributed by atoms with Gasteiger partial charge in [0.25, 0.3) is 5.91 Å². The van der Waals surface area contributed by atoms with Gasteiger partial charge in [0.2, 0.25) is 10.0 Å². The standard InChI is InChI=1S/C18H26N2O5S/c1-14(2)20(13-17(21)22)18(23)15-8-7-9-16(12-15)26(24,25)19-10-5-3-4-6-11-19/h7-9,12,14H,3-6,10-11,13H2,1-2H3,(H,21,22). The first-order valence-corrected chi connectivity index (χ1v) is 10.3. The van der Waals surface area contributed by atoms with E-state index in [4.69, 9.17) is 5.11 Å². The molecule has 0 saturated carbocycles. The van der Waals surface area contributed by atoms with Gasteiger partial charge in [-0.25, -0.2) is 8.42 Å². The smallest absolute Gasteiger partial charge is 0.323 e. The van der Waals surface area contributed by atoms with Crippen molar-refractivity contribution in [3.8, 4) is 0 Å². The molecule has 1 aromatic rings. The summed E-state index contributed by atoms with van der Waals surface area (Å²) in [5.41, 5.74) is 0.177. The first-order chi connectivity index (χ1) is 12.2. The van der Waals surface area contributed by atoms with E-state index in [2.05, 4.69) is 0 Å². The van der Waals surface area contributed by atoms with Crippen LogP contribution in [0.15, 0.2) is 29.2 Å². The van der Waals surface area contributed by atoms with Gasteiger partial charge in [-0.05, 0) is 44.9 Å². The summed E-state index contributed by atoms with van der Waals surface area (Å²) in [5, 5.41) is 9.01. The Kier molecular flexibility index (Phi) is 6.77. The van der Waals surface area contributed by atoms with E-state index >= 15 is 0 Å². The molecule has 0 unspecified atom stereocenters. The molecule has 0 atom stereocenters. The molecule has 2 rings (SSSR count). The van der Waals surface area contributed by atoms with E-state index in [1.54, 1.807) is 13.8 Å². The zero-order chi connectivity index (χ0) is 19.3. The minimum Gasteiger partial charge on any atom is -0.480 e. The highest BCUT2D eigenvalue weighted by Gasteiger charge is 2.27. The van der Waals surface area contributed by atoms with E-state index in [1.165, 1.54) is 33.5 Å². The molecule has 1 N–H and O–H groups in total. The summed E-state index contributed by atoms with van der Waals surface area (Å²) in [5.74, 6) is -1.60. The summed E-state index contributed by atoms with van der Waals surface area (Å²) in [6.45, 7) is 3.98. The number of hydrogen-bond donors (Lipinski definition) is 1. The van der Waals surface area contributed by atoms with Crippen LogP contribution in [0, 0.1) is 0 Å². The third-order valence-corrected chi connectivity index (χ3v) is 6.37. The van der Waals surface area contributed by atoms with Crippen LogP contribution in [0.2, 0.25) is 0 Å². The monoisotopic (exact) mass is 382 g/mol. The van der Waals surface area contributed by atoms with Crippen molar-refractivity contribution in [2.45, 2.75) is 50.5 Å². The molecule has 1 fully saturated rings. The Labute approximate surface area is 154 Å². The van der Waals surface area contributed by atoms with E-state index in [0.29, 0.717) is 13.1 Å². The summed E-state index contributed by atoms with van der Waals surface area (Å²) in [6, 6.07) is 5.55. The molecule has 1 aromatic carbocycles. The largest absolute Gasteiger partial charge is 0.480 e. The van der Waals surface area contributed by atoms with E-state index in [0.717, 1.165) is 25.7 Å². The van der Waals surface area contributed by atoms with Crippen LogP contribution >= 0.6 is 0 Å². The van der Waals surface area contributed by atoms with Gasteiger partial charge in [-0.3, -0.25) is 9.59 Å². The Morgan fingerprint density at radius 3 is 2.31 bits per heavy atom. The van der Waals surface area contributed by atoms with Crippen LogP contribution in [-0.4, -0.2) is 60.3 Å². The number of rotatable bonds is 6. The van der Waals surface area contributed by atoms with Crippen molar-refractivity contribution in [1.29, 1.82) is 0 Å². The van der Waals surface area contributed by atoms with Crippen molar-refractivity contribution < 1.29 is 23.1 Å². The van der Waals surface area contributed by atoms with Gasteiger partial charge in [-0.15, -0.1) is 0 Å². The molecular weight excluding hydrogens is 356 g/mol. The molecular formula is C18H26N2O5S. The number of carbonyl (C=O) groups is 2. The maximum absolute atomic E-state index is 12.9. The number of aliphatic carboxylic acids is 1. The topological polar surface area (TPSA) is 95.0 Å². The van der Waals surface area contributed by atoms with Crippen LogP contribution in [0.25, 0.3) is 0 Å². The van der Waals surface area contributed by atoms with E-state index < -0.39 is 28.4 Å². The second-order valence-electron chi connectivity index (χ2n) is 6.77. The first kappa shape index (κ1) is 20.4. The number of benzene rings is 1. The highest BCUT2D eigenvalue weighted by Crippen LogP contribution is 2.22. The molecule has 7 nitrogen and oxygen atoms in total. The van der Waals surface area contributed by atoms with Crippen molar-refractivity contribution in [2.75, 3.05) is 19.6 Å². The lowest BCUT2D eigenvalue weighted by atomic mass is 10.1. The zero-order valence-corrected chi connectivity index (χ0v) is 16.0. The molecule has 0 spiro atoms. The van der Waals surface area contributed by atoms with E-state index in [9.17, 15) is 18.0 Å². The fourth-order valence-electron chi connectivity index (χ4n) is 3.02. The van der Waals surface area contributed by atoms with Crippen LogP contribution < -0.4 is 0 Å². The average molecular weight is 382 g/mol. The van der Waals surface area contributed by atoms with Gasteiger partial charge in [0.15, 0.2) is 0 Å². The molecule has 8 heteroatoms. The number of nitrogens with zero attached hydrogens (tertiary/aromatic N) is 2. The van der Waals surface area contributed by atoms with Crippen molar-refractivity contribution in [2.24, 2.45) is 0 Å². The Morgan fingerprint density at radius 1 is 1.15 bits per heavy atom. The van der Waals surface area contributed by atoms with Gasteiger partial charge in [-0.2, -0.15) is 4.31 Å². The number of sulfonamides is 1. The Bertz CT molecular complexity index is 753. The second-order valence-corrected chi connectivity index (χ2v) is 8.70. The molecule has 0 aliphatic carbocycles. The molecule has 26 heavy (non-hydrogen) atoms. The summed E-state index contributed by atoms with van der Waals surface area (Å²) in [4.78, 5) is 25.0. The molecule has 1 aliphatic heterocycles. The number of hydrogen-bond acceptors (Lipinski definition) is 4. The lowest BCUT2D eigenvalue weighted by molar-refractivity contribution is -0.138. The van der Waals surface area contributed by atoms with Crippen molar-refractivity contribution in [3.05, 3.63) is 29.8 Å². The first-order valence-electron chi connectivity index (χ1n) is 8.86. The lowest BCUT2D eigenvalue weighted by Gasteiger charge is -2.25. The van der Waals surface area contributed by atoms with Gasteiger partial charge in [0.05, 0.1) is 4.90 Å². The predicted molar refractivity (Wildman–Crippen MR) is 97.5 cm³/mol. The summed E-state index contributed by atoms with van der Waals surface area (Å²) in [7, 11) is -3.66. The van der Waals surface area contributed by atoms with Crippen LogP contribution in [0.5, 0.6) is 0 Å². The van der Waals surface area contributed by atoms with Gasteiger partial charge in [0.1, 0.15) is 6.54 Å². The normalized spacial score (nSPS) is 16.3. The average Bonchev–Trinajstić information content (AvgIpc) is 2.88. The third kappa shape index (κ3) is 4.82. The summed E-state index contributed by atoms with van der Waals surface area (Å²) < 4.78 is 27.3. The number of carbonyl (C=O) groups excluding carboxylic acids is 1. The number of carboxylic acids is 1. The molecule has 0 aromatic heterocycles. The van der Waals surface area contributed by atoms with Crippen LogP contribution in [0.1, 0.15) is 49.9 Å². The summed E-state index contributed by atoms with van der Waals surface area (Å²) >= 11 is 0. The zero-order valence-electron chi connectivity index (χ0n) is 15.2. The highest BCUT2D eigenvalue weighted by molar-refractivity contribution is 7.89. The van der Waals surface area contributed by atoms with Gasteiger partial charge < -0.3 is 10.0 Å². The Balaban J connectivity index is 2.31. The number of amides is 1. The fraction of sp³-hybridized carbons (Fsp3) is 0.556. The maximum Gasteiger partial charge on any atom is 0.323 e. The quantitative estimate of drug-likeness (QED) is 0.814. The molecule has 1 aliphatic rings. The molecule has 0 radical (unpaired) electrons. The lowest BCUT2D eigenvalue weighted by Crippen LogP contribution is -2.40. The third-order valence-electron chi connectivity index (χ3n) is 4.47. The minimum atomic E-state index is -3.66. The minimum absolute atomic E-state index is 0.0734. The van der Waals surface area contributed by atoms with Crippen molar-refractivity contribution in [1.82, 2.24) is 9.21 Å². The van der Waals surface area contributed by atoms with Gasteiger partial charge in [-0.1, -0.05) is 18.9 Å². The second kappa shape index (κ2) is 8.64. The van der Waals surface area contributed by atoms with E-state index in [1.807, 2.05) is 0 Å². The molecule has 1 amide bonds. The van der Waals surface area contributed by atoms with Crippen molar-refractivity contribution in [3.63, 3.8) is 0 Å². The number of carboxylic acid groups (broad SMARTS) is 1.